The largest absolute Gasteiger partial charge is 0.466 e. The molecule has 0 heterocycles. The number of aliphatic hydroxyl groups is 2. The maximum absolute atomic E-state index is 11.4. The highest BCUT2D eigenvalue weighted by molar-refractivity contribution is 5.77. The second kappa shape index (κ2) is 13.5. The molecule has 2 unspecified atom stereocenters. The molecule has 0 rings (SSSR count). The molecule has 0 amide bonds. The van der Waals surface area contributed by atoms with Gasteiger partial charge in [-0.15, -0.1) is 0 Å². The third-order valence-electron chi connectivity index (χ3n) is 3.52. The summed E-state index contributed by atoms with van der Waals surface area (Å²) < 4.78 is 10.1. The van der Waals surface area contributed by atoms with Gasteiger partial charge >= 0.3 is 11.9 Å². The van der Waals surface area contributed by atoms with E-state index >= 15 is 0 Å². The predicted octanol–water partition coefficient (Wildman–Crippen LogP) is 1.67. The lowest BCUT2D eigenvalue weighted by atomic mass is 10.1. The van der Waals surface area contributed by atoms with Crippen LogP contribution in [0.1, 0.15) is 52.4 Å². The Morgan fingerprint density at radius 1 is 0.773 bits per heavy atom. The highest BCUT2D eigenvalue weighted by Crippen LogP contribution is 2.08. The Bertz CT molecular complexity index is 275. The van der Waals surface area contributed by atoms with Crippen molar-refractivity contribution in [2.75, 3.05) is 26.4 Å². The first-order valence-corrected chi connectivity index (χ1v) is 8.02. The van der Waals surface area contributed by atoms with Gasteiger partial charge in [0.1, 0.15) is 0 Å². The summed E-state index contributed by atoms with van der Waals surface area (Å²) in [6.45, 7) is 4.87. The topological polar surface area (TPSA) is 93.1 Å². The van der Waals surface area contributed by atoms with E-state index in [2.05, 4.69) is 0 Å². The fourth-order valence-corrected chi connectivity index (χ4v) is 1.83. The predicted molar refractivity (Wildman–Crippen MR) is 82.1 cm³/mol. The van der Waals surface area contributed by atoms with Crippen LogP contribution in [0.25, 0.3) is 0 Å². The molecule has 2 N–H and O–H groups in total. The molecule has 0 fully saturated rings. The molecule has 130 valence electrons. The van der Waals surface area contributed by atoms with Gasteiger partial charge in [0.15, 0.2) is 0 Å². The molecule has 0 aliphatic rings. The van der Waals surface area contributed by atoms with Crippen LogP contribution in [0.4, 0.5) is 0 Å². The molecular weight excluding hydrogens is 288 g/mol. The lowest BCUT2D eigenvalue weighted by molar-refractivity contribution is -0.150. The van der Waals surface area contributed by atoms with E-state index in [1.165, 1.54) is 0 Å². The maximum atomic E-state index is 11.4. The van der Waals surface area contributed by atoms with Crippen molar-refractivity contribution in [1.82, 2.24) is 0 Å². The Labute approximate surface area is 132 Å². The zero-order chi connectivity index (χ0) is 16.8. The van der Waals surface area contributed by atoms with Crippen LogP contribution < -0.4 is 0 Å². The van der Waals surface area contributed by atoms with E-state index in [-0.39, 0.29) is 26.1 Å². The fraction of sp³-hybridized carbons (Fsp3) is 0.875. The number of hydrogen-bond donors (Lipinski definition) is 2. The molecule has 2 atom stereocenters. The van der Waals surface area contributed by atoms with Crippen LogP contribution in [0.5, 0.6) is 0 Å². The number of ether oxygens (including phenoxy) is 2. The number of rotatable bonds is 13. The van der Waals surface area contributed by atoms with Gasteiger partial charge in [-0.2, -0.15) is 0 Å². The molecule has 0 aromatic carbocycles. The summed E-state index contributed by atoms with van der Waals surface area (Å²) >= 11 is 0. The summed E-state index contributed by atoms with van der Waals surface area (Å²) in [7, 11) is 0. The van der Waals surface area contributed by atoms with Gasteiger partial charge in [0.2, 0.25) is 0 Å². The highest BCUT2D eigenvalue weighted by atomic mass is 16.5. The number of carbonyl (C=O) groups excluding carboxylic acids is 2. The zero-order valence-electron chi connectivity index (χ0n) is 13.8. The normalized spacial score (nSPS) is 13.5. The minimum absolute atomic E-state index is 0.0272. The third-order valence-corrected chi connectivity index (χ3v) is 3.52. The van der Waals surface area contributed by atoms with Crippen molar-refractivity contribution < 1.29 is 29.3 Å². The Balaban J connectivity index is 3.58. The number of aliphatic hydroxyl groups excluding tert-OH is 2. The van der Waals surface area contributed by atoms with Gasteiger partial charge in [0.05, 0.1) is 26.1 Å². The average Bonchev–Trinajstić information content (AvgIpc) is 2.45. The van der Waals surface area contributed by atoms with Crippen LogP contribution in [0.15, 0.2) is 0 Å². The molecule has 0 saturated carbocycles. The molecule has 0 aliphatic carbocycles. The Morgan fingerprint density at radius 3 is 1.45 bits per heavy atom. The number of carbonyl (C=O) groups is 2. The van der Waals surface area contributed by atoms with Crippen LogP contribution in [-0.4, -0.2) is 48.6 Å². The Kier molecular flexibility index (Phi) is 12.8. The van der Waals surface area contributed by atoms with E-state index in [1.807, 2.05) is 13.8 Å². The standard InChI is InChI=1S/C16H30O6/c1-13(5-9-17)7-11-21-15(19)3-4-16(20)22-12-8-14(2)6-10-18/h13-14,17-18H,3-12H2,1-2H3. The van der Waals surface area contributed by atoms with Gasteiger partial charge in [-0.25, -0.2) is 0 Å². The summed E-state index contributed by atoms with van der Waals surface area (Å²) in [5, 5.41) is 17.5. The van der Waals surface area contributed by atoms with Gasteiger partial charge in [0.25, 0.3) is 0 Å². The maximum Gasteiger partial charge on any atom is 0.306 e. The van der Waals surface area contributed by atoms with Crippen molar-refractivity contribution in [2.45, 2.75) is 52.4 Å². The van der Waals surface area contributed by atoms with Crippen molar-refractivity contribution in [2.24, 2.45) is 11.8 Å². The third kappa shape index (κ3) is 12.6. The van der Waals surface area contributed by atoms with Gasteiger partial charge in [0, 0.05) is 13.2 Å². The molecule has 22 heavy (non-hydrogen) atoms. The quantitative estimate of drug-likeness (QED) is 0.502. The van der Waals surface area contributed by atoms with Crippen LogP contribution >= 0.6 is 0 Å². The average molecular weight is 318 g/mol. The second-order valence-corrected chi connectivity index (χ2v) is 5.75. The highest BCUT2D eigenvalue weighted by Gasteiger charge is 2.10. The summed E-state index contributed by atoms with van der Waals surface area (Å²) in [5.41, 5.74) is 0. The first-order valence-electron chi connectivity index (χ1n) is 8.02. The smallest absolute Gasteiger partial charge is 0.306 e. The van der Waals surface area contributed by atoms with Crippen molar-refractivity contribution in [3.63, 3.8) is 0 Å². The molecule has 6 nitrogen and oxygen atoms in total. The minimum Gasteiger partial charge on any atom is -0.466 e. The van der Waals surface area contributed by atoms with E-state index < -0.39 is 11.9 Å². The van der Waals surface area contributed by atoms with Crippen molar-refractivity contribution in [3.8, 4) is 0 Å². The number of esters is 2. The van der Waals surface area contributed by atoms with Crippen LogP contribution in [-0.2, 0) is 19.1 Å². The van der Waals surface area contributed by atoms with E-state index in [9.17, 15) is 9.59 Å². The molecular formula is C16H30O6. The van der Waals surface area contributed by atoms with Gasteiger partial charge in [-0.05, 0) is 37.5 Å². The van der Waals surface area contributed by atoms with E-state index in [0.717, 1.165) is 0 Å². The minimum atomic E-state index is -0.401. The van der Waals surface area contributed by atoms with Gasteiger partial charge in [-0.3, -0.25) is 9.59 Å². The first kappa shape index (κ1) is 20.9. The fourth-order valence-electron chi connectivity index (χ4n) is 1.83. The summed E-state index contributed by atoms with van der Waals surface area (Å²) in [4.78, 5) is 22.9. The molecule has 0 bridgehead atoms. The summed E-state index contributed by atoms with van der Waals surface area (Å²) in [6, 6.07) is 0. The lowest BCUT2D eigenvalue weighted by Crippen LogP contribution is -2.13. The van der Waals surface area contributed by atoms with Crippen LogP contribution in [0, 0.1) is 11.8 Å². The SMILES string of the molecule is CC(CCO)CCOC(=O)CCC(=O)OCCC(C)CCO. The summed E-state index contributed by atoms with van der Waals surface area (Å²) in [6.07, 6.45) is 2.86. The number of hydrogen-bond acceptors (Lipinski definition) is 6. The molecule has 0 aliphatic heterocycles. The Hall–Kier alpha value is -1.14. The van der Waals surface area contributed by atoms with E-state index in [0.29, 0.717) is 50.7 Å². The molecule has 0 aromatic rings. The van der Waals surface area contributed by atoms with Crippen molar-refractivity contribution >= 4 is 11.9 Å². The van der Waals surface area contributed by atoms with E-state index in [1.54, 1.807) is 0 Å². The molecule has 0 aromatic heterocycles. The summed E-state index contributed by atoms with van der Waals surface area (Å²) in [5.74, 6) is -0.184. The van der Waals surface area contributed by atoms with Gasteiger partial charge in [-0.1, -0.05) is 13.8 Å². The van der Waals surface area contributed by atoms with Gasteiger partial charge < -0.3 is 19.7 Å². The van der Waals surface area contributed by atoms with Crippen molar-refractivity contribution in [3.05, 3.63) is 0 Å². The molecule has 6 heteroatoms. The lowest BCUT2D eigenvalue weighted by Gasteiger charge is -2.11. The molecule has 0 saturated heterocycles. The molecule has 0 radical (unpaired) electrons. The van der Waals surface area contributed by atoms with Crippen molar-refractivity contribution in [1.29, 1.82) is 0 Å². The first-order chi connectivity index (χ1) is 10.5. The van der Waals surface area contributed by atoms with E-state index in [4.69, 9.17) is 19.7 Å². The zero-order valence-corrected chi connectivity index (χ0v) is 13.8. The monoisotopic (exact) mass is 318 g/mol. The Morgan fingerprint density at radius 2 is 1.14 bits per heavy atom. The van der Waals surface area contributed by atoms with Crippen LogP contribution in [0.3, 0.4) is 0 Å². The molecule has 0 spiro atoms. The second-order valence-electron chi connectivity index (χ2n) is 5.75. The van der Waals surface area contributed by atoms with Crippen LogP contribution in [0.2, 0.25) is 0 Å².